The number of hydrogen-bond acceptors (Lipinski definition) is 9. The molecule has 0 saturated heterocycles. The van der Waals surface area contributed by atoms with Gasteiger partial charge >= 0.3 is 11.9 Å². The first-order valence-electron chi connectivity index (χ1n) is 9.04. The van der Waals surface area contributed by atoms with Gasteiger partial charge in [0.25, 0.3) is 0 Å². The highest BCUT2D eigenvalue weighted by molar-refractivity contribution is 6.39. The number of rotatable bonds is 7. The lowest BCUT2D eigenvalue weighted by Gasteiger charge is -2.16. The van der Waals surface area contributed by atoms with Gasteiger partial charge in [-0.3, -0.25) is 11.3 Å². The van der Waals surface area contributed by atoms with Crippen molar-refractivity contribution >= 4 is 46.0 Å². The standard InChI is InChI=1S/C21H18N5O5/c1-3-30-20(28)13(10-23)17(24)16(21(29)31-4-2)18(27)15-11-7-5-6-8-14(11)26-19(25)12(15)9-22/h5-8,24,27H,3-4H2,1-2H3,(H2,25,26)/q-1/b18-16-,24-17?. The molecule has 0 bridgehead atoms. The van der Waals surface area contributed by atoms with Crippen molar-refractivity contribution in [3.8, 4) is 6.07 Å². The second-order valence-electron chi connectivity index (χ2n) is 5.90. The summed E-state index contributed by atoms with van der Waals surface area (Å²) in [6.07, 6.45) is 0. The van der Waals surface area contributed by atoms with Gasteiger partial charge in [0.2, 0.25) is 0 Å². The number of carbonyl (C=O) groups is 2. The number of para-hydroxylation sites is 1. The number of nitrogens with two attached hydrogens (primary N) is 1. The molecule has 158 valence electrons. The zero-order valence-electron chi connectivity index (χ0n) is 16.7. The molecule has 0 aliphatic carbocycles. The smallest absolute Gasteiger partial charge is 0.346 e. The summed E-state index contributed by atoms with van der Waals surface area (Å²) in [5.41, 5.74) is 3.20. The van der Waals surface area contributed by atoms with E-state index in [4.69, 9.17) is 20.6 Å². The van der Waals surface area contributed by atoms with E-state index in [9.17, 15) is 25.4 Å². The number of nitriles is 1. The Hall–Kier alpha value is -4.48. The minimum Gasteiger partial charge on any atom is -0.763 e. The number of aromatic nitrogens is 1. The van der Waals surface area contributed by atoms with Gasteiger partial charge in [-0.25, -0.2) is 14.6 Å². The number of aliphatic hydroxyl groups is 1. The number of carbonyl (C=O) groups excluding carboxylic acids is 2. The van der Waals surface area contributed by atoms with Crippen LogP contribution in [0.1, 0.15) is 25.0 Å². The largest absolute Gasteiger partial charge is 0.763 e. The summed E-state index contributed by atoms with van der Waals surface area (Å²) >= 11 is 0. The lowest BCUT2D eigenvalue weighted by molar-refractivity contribution is -0.138. The van der Waals surface area contributed by atoms with E-state index in [1.165, 1.54) is 25.8 Å². The predicted octanol–water partition coefficient (Wildman–Crippen LogP) is 2.27. The Morgan fingerprint density at radius 1 is 1.23 bits per heavy atom. The Labute approximate surface area is 177 Å². The Morgan fingerprint density at radius 3 is 2.42 bits per heavy atom. The van der Waals surface area contributed by atoms with Crippen LogP contribution in [0.4, 0.5) is 5.82 Å². The molecular weight excluding hydrogens is 402 g/mol. The van der Waals surface area contributed by atoms with Crippen LogP contribution in [0.5, 0.6) is 0 Å². The molecule has 1 aromatic carbocycles. The van der Waals surface area contributed by atoms with Crippen LogP contribution in [-0.2, 0) is 19.1 Å². The monoisotopic (exact) mass is 420 g/mol. The van der Waals surface area contributed by atoms with Gasteiger partial charge in [-0.15, -0.1) is 0 Å². The average molecular weight is 420 g/mol. The summed E-state index contributed by atoms with van der Waals surface area (Å²) < 4.78 is 9.66. The van der Waals surface area contributed by atoms with Gasteiger partial charge in [0, 0.05) is 10.9 Å². The number of hydrogen-bond donors (Lipinski definition) is 3. The highest BCUT2D eigenvalue weighted by atomic mass is 16.5. The van der Waals surface area contributed by atoms with Crippen LogP contribution in [0, 0.1) is 16.7 Å². The molecule has 0 atom stereocenters. The molecule has 1 aromatic heterocycles. The van der Waals surface area contributed by atoms with Crippen LogP contribution < -0.4 is 5.73 Å². The molecule has 31 heavy (non-hydrogen) atoms. The van der Waals surface area contributed by atoms with Crippen LogP contribution in [0.15, 0.2) is 35.4 Å². The van der Waals surface area contributed by atoms with Crippen LogP contribution >= 0.6 is 0 Å². The molecule has 4 N–H and O–H groups in total. The molecule has 0 amide bonds. The number of esters is 2. The third-order valence-corrected chi connectivity index (χ3v) is 4.08. The number of pyridine rings is 1. The van der Waals surface area contributed by atoms with Gasteiger partial charge in [-0.2, -0.15) is 5.26 Å². The van der Waals surface area contributed by atoms with Crippen molar-refractivity contribution in [2.45, 2.75) is 13.8 Å². The van der Waals surface area contributed by atoms with E-state index in [0.29, 0.717) is 5.52 Å². The minimum atomic E-state index is -1.18. The Kier molecular flexibility index (Phi) is 7.23. The molecule has 0 saturated carbocycles. The van der Waals surface area contributed by atoms with Crippen molar-refractivity contribution in [2.24, 2.45) is 0 Å². The normalized spacial score (nSPS) is 11.0. The van der Waals surface area contributed by atoms with E-state index >= 15 is 0 Å². The summed E-state index contributed by atoms with van der Waals surface area (Å²) in [5.74, 6) is -1.89. The first-order valence-corrected chi connectivity index (χ1v) is 9.04. The molecule has 0 fully saturated rings. The molecule has 2 rings (SSSR count). The first kappa shape index (κ1) is 22.8. The predicted molar refractivity (Wildman–Crippen MR) is 113 cm³/mol. The van der Waals surface area contributed by atoms with E-state index in [0.717, 1.165) is 0 Å². The fourth-order valence-electron chi connectivity index (χ4n) is 2.77. The molecule has 10 nitrogen and oxygen atoms in total. The van der Waals surface area contributed by atoms with E-state index in [1.807, 2.05) is 6.07 Å². The van der Waals surface area contributed by atoms with Gasteiger partial charge in [-0.05, 0) is 19.9 Å². The third-order valence-electron chi connectivity index (χ3n) is 4.08. The number of aliphatic hydroxyl groups excluding tert-OH is 1. The van der Waals surface area contributed by atoms with Crippen molar-refractivity contribution in [2.75, 3.05) is 18.9 Å². The Morgan fingerprint density at radius 2 is 1.84 bits per heavy atom. The molecule has 2 aromatic rings. The maximum atomic E-state index is 12.6. The molecular formula is C21H18N5O5-. The number of benzene rings is 1. The van der Waals surface area contributed by atoms with Gasteiger partial charge in [-0.1, -0.05) is 18.2 Å². The summed E-state index contributed by atoms with van der Waals surface area (Å²) in [6, 6.07) is 8.19. The van der Waals surface area contributed by atoms with E-state index < -0.39 is 34.6 Å². The highest BCUT2D eigenvalue weighted by Crippen LogP contribution is 2.32. The topological polar surface area (TPSA) is 182 Å². The molecule has 1 heterocycles. The fourth-order valence-corrected chi connectivity index (χ4v) is 2.77. The van der Waals surface area contributed by atoms with Crippen molar-refractivity contribution in [3.63, 3.8) is 0 Å². The van der Waals surface area contributed by atoms with Gasteiger partial charge in [0.15, 0.2) is 0 Å². The maximum Gasteiger partial charge on any atom is 0.346 e. The summed E-state index contributed by atoms with van der Waals surface area (Å²) in [7, 11) is 0. The number of nitrogens with one attached hydrogen (secondary N) is 1. The maximum absolute atomic E-state index is 12.6. The van der Waals surface area contributed by atoms with Crippen LogP contribution in [0.3, 0.4) is 0 Å². The molecule has 0 spiro atoms. The lowest BCUT2D eigenvalue weighted by atomic mass is 9.94. The van der Waals surface area contributed by atoms with Crippen molar-refractivity contribution < 1.29 is 24.2 Å². The number of fused-ring (bicyclic) bond motifs is 1. The van der Waals surface area contributed by atoms with Crippen LogP contribution in [-0.4, -0.2) is 46.8 Å². The minimum absolute atomic E-state index is 0.0775. The van der Waals surface area contributed by atoms with Gasteiger partial charge < -0.3 is 25.7 Å². The van der Waals surface area contributed by atoms with Gasteiger partial charge in [0.1, 0.15) is 34.4 Å². The second kappa shape index (κ2) is 9.82. The van der Waals surface area contributed by atoms with E-state index in [2.05, 4.69) is 4.98 Å². The fraction of sp³-hybridized carbons (Fsp3) is 0.190. The lowest BCUT2D eigenvalue weighted by Crippen LogP contribution is -2.24. The van der Waals surface area contributed by atoms with E-state index in [1.54, 1.807) is 18.2 Å². The average Bonchev–Trinajstić information content (AvgIpc) is 2.73. The zero-order chi connectivity index (χ0) is 23.1. The van der Waals surface area contributed by atoms with Crippen LogP contribution in [0.2, 0.25) is 0 Å². The molecule has 10 heteroatoms. The van der Waals surface area contributed by atoms with Crippen molar-refractivity contribution in [1.82, 2.24) is 4.98 Å². The van der Waals surface area contributed by atoms with Crippen molar-refractivity contribution in [3.05, 3.63) is 51.9 Å². The molecule has 0 aliphatic heterocycles. The molecule has 0 aliphatic rings. The number of anilines is 1. The molecule has 0 radical (unpaired) electrons. The number of nitrogen functional groups attached to an aromatic ring is 1. The van der Waals surface area contributed by atoms with E-state index in [-0.39, 0.29) is 35.5 Å². The second-order valence-corrected chi connectivity index (χ2v) is 5.90. The summed E-state index contributed by atoms with van der Waals surface area (Å²) in [5, 5.41) is 38.5. The first-order chi connectivity index (χ1) is 14.8. The number of ether oxygens (including phenoxy) is 2. The third kappa shape index (κ3) is 4.42. The summed E-state index contributed by atoms with van der Waals surface area (Å²) in [4.78, 5) is 28.8. The Balaban J connectivity index is 2.92. The number of nitrogens with zero attached hydrogens (tertiary/aromatic N) is 3. The van der Waals surface area contributed by atoms with Crippen molar-refractivity contribution in [1.29, 1.82) is 10.7 Å². The van der Waals surface area contributed by atoms with Crippen LogP contribution in [0.25, 0.3) is 22.1 Å². The van der Waals surface area contributed by atoms with Gasteiger partial charge in [0.05, 0.1) is 24.4 Å². The SMILES string of the molecule is CCOC(=O)C(=C=[N-])C(=N)/C(C(=O)OCC)=C(/O)c1c(C#N)c(N)nc2ccccc12. The quantitative estimate of drug-likeness (QED) is 0.264. The summed E-state index contributed by atoms with van der Waals surface area (Å²) in [6.45, 7) is 2.80. The zero-order valence-corrected chi connectivity index (χ0v) is 16.7. The Bertz CT molecular complexity index is 1200. The molecule has 0 unspecified atom stereocenters. The highest BCUT2D eigenvalue weighted by Gasteiger charge is 2.30.